The number of unbranched alkanes of at least 4 members (excludes halogenated alkanes) is 1. The molecule has 23 heavy (non-hydrogen) atoms. The van der Waals surface area contributed by atoms with Gasteiger partial charge in [-0.3, -0.25) is 9.79 Å². The Morgan fingerprint density at radius 2 is 1.91 bits per heavy atom. The van der Waals surface area contributed by atoms with E-state index in [2.05, 4.69) is 15.2 Å². The lowest BCUT2D eigenvalue weighted by atomic mass is 9.97. The van der Waals surface area contributed by atoms with Crippen LogP contribution in [-0.4, -0.2) is 63.3 Å². The topological polar surface area (TPSA) is 63.2 Å². The molecule has 0 aromatic rings. The first-order valence-electron chi connectivity index (χ1n) is 8.42. The van der Waals surface area contributed by atoms with Crippen molar-refractivity contribution in [1.82, 2.24) is 10.2 Å². The van der Waals surface area contributed by atoms with Crippen LogP contribution in [0.3, 0.4) is 0 Å². The summed E-state index contributed by atoms with van der Waals surface area (Å²) in [6, 6.07) is 0. The van der Waals surface area contributed by atoms with Gasteiger partial charge in [0.2, 0.25) is 0 Å². The molecule has 1 aliphatic rings. The molecule has 136 valence electrons. The van der Waals surface area contributed by atoms with Crippen molar-refractivity contribution in [2.75, 3.05) is 46.5 Å². The van der Waals surface area contributed by atoms with Gasteiger partial charge in [0.1, 0.15) is 0 Å². The van der Waals surface area contributed by atoms with Crippen LogP contribution in [-0.2, 0) is 14.3 Å². The van der Waals surface area contributed by atoms with E-state index in [1.165, 1.54) is 0 Å². The van der Waals surface area contributed by atoms with Crippen molar-refractivity contribution >= 4 is 35.9 Å². The number of rotatable bonds is 8. The zero-order valence-electron chi connectivity index (χ0n) is 14.7. The Kier molecular flexibility index (Phi) is 13.5. The maximum absolute atomic E-state index is 11.7. The molecule has 7 heteroatoms. The van der Waals surface area contributed by atoms with Gasteiger partial charge in [-0.25, -0.2) is 0 Å². The largest absolute Gasteiger partial charge is 0.466 e. The maximum Gasteiger partial charge on any atom is 0.309 e. The van der Waals surface area contributed by atoms with Crippen LogP contribution in [0.5, 0.6) is 0 Å². The standard InChI is InChI=1S/C16H31N3O3.HI/c1-4-21-13-7-6-10-18-16(17-3)19-11-8-14(9-12-19)15(20)22-5-2;/h14H,4-13H2,1-3H3,(H,17,18);1H. The lowest BCUT2D eigenvalue weighted by Crippen LogP contribution is -2.46. The summed E-state index contributed by atoms with van der Waals surface area (Å²) in [5.41, 5.74) is 0. The minimum absolute atomic E-state index is 0. The van der Waals surface area contributed by atoms with Crippen molar-refractivity contribution in [1.29, 1.82) is 0 Å². The van der Waals surface area contributed by atoms with Crippen LogP contribution in [0.2, 0.25) is 0 Å². The smallest absolute Gasteiger partial charge is 0.309 e. The first-order valence-corrected chi connectivity index (χ1v) is 8.42. The van der Waals surface area contributed by atoms with E-state index in [0.29, 0.717) is 6.61 Å². The van der Waals surface area contributed by atoms with Crippen molar-refractivity contribution in [2.45, 2.75) is 39.5 Å². The lowest BCUT2D eigenvalue weighted by molar-refractivity contribution is -0.149. The highest BCUT2D eigenvalue weighted by atomic mass is 127. The molecule has 0 bridgehead atoms. The van der Waals surface area contributed by atoms with Gasteiger partial charge >= 0.3 is 5.97 Å². The van der Waals surface area contributed by atoms with E-state index in [1.807, 2.05) is 13.8 Å². The molecule has 0 saturated carbocycles. The first kappa shape index (κ1) is 22.4. The summed E-state index contributed by atoms with van der Waals surface area (Å²) in [5.74, 6) is 0.917. The Morgan fingerprint density at radius 3 is 2.48 bits per heavy atom. The second-order valence-electron chi connectivity index (χ2n) is 5.39. The summed E-state index contributed by atoms with van der Waals surface area (Å²) in [5, 5.41) is 3.39. The highest BCUT2D eigenvalue weighted by Gasteiger charge is 2.27. The fraction of sp³-hybridized carbons (Fsp3) is 0.875. The first-order chi connectivity index (χ1) is 10.7. The Bertz CT molecular complexity index is 345. The number of piperidine rings is 1. The number of esters is 1. The van der Waals surface area contributed by atoms with Crippen molar-refractivity contribution in [3.63, 3.8) is 0 Å². The number of aliphatic imine (C=N–C) groups is 1. The molecular formula is C16H32IN3O3. The number of carbonyl (C=O) groups is 1. The summed E-state index contributed by atoms with van der Waals surface area (Å²) in [4.78, 5) is 18.3. The summed E-state index contributed by atoms with van der Waals surface area (Å²) < 4.78 is 10.4. The zero-order chi connectivity index (χ0) is 16.2. The normalized spacial score (nSPS) is 16.0. The number of halogens is 1. The molecule has 1 saturated heterocycles. The number of guanidine groups is 1. The van der Waals surface area contributed by atoms with E-state index in [1.54, 1.807) is 7.05 Å². The predicted octanol–water partition coefficient (Wildman–Crippen LogP) is 2.27. The van der Waals surface area contributed by atoms with Crippen LogP contribution in [0.4, 0.5) is 0 Å². The van der Waals surface area contributed by atoms with E-state index < -0.39 is 0 Å². The second-order valence-corrected chi connectivity index (χ2v) is 5.39. The molecule has 6 nitrogen and oxygen atoms in total. The quantitative estimate of drug-likeness (QED) is 0.206. The number of hydrogen-bond acceptors (Lipinski definition) is 4. The molecule has 0 aromatic carbocycles. The van der Waals surface area contributed by atoms with Crippen LogP contribution in [0.15, 0.2) is 4.99 Å². The van der Waals surface area contributed by atoms with E-state index >= 15 is 0 Å². The molecule has 1 rings (SSSR count). The van der Waals surface area contributed by atoms with Crippen LogP contribution >= 0.6 is 24.0 Å². The van der Waals surface area contributed by atoms with Crippen molar-refractivity contribution < 1.29 is 14.3 Å². The molecule has 0 radical (unpaired) electrons. The molecule has 0 amide bonds. The lowest BCUT2D eigenvalue weighted by Gasteiger charge is -2.33. The van der Waals surface area contributed by atoms with Gasteiger partial charge in [0.25, 0.3) is 0 Å². The third kappa shape index (κ3) is 8.74. The zero-order valence-corrected chi connectivity index (χ0v) is 17.0. The molecule has 1 heterocycles. The van der Waals surface area contributed by atoms with Crippen molar-refractivity contribution in [3.05, 3.63) is 0 Å². The predicted molar refractivity (Wildman–Crippen MR) is 103 cm³/mol. The molecule has 0 atom stereocenters. The number of likely N-dealkylation sites (tertiary alicyclic amines) is 1. The molecular weight excluding hydrogens is 409 g/mol. The number of carbonyl (C=O) groups excluding carboxylic acids is 1. The number of nitrogens with one attached hydrogen (secondary N) is 1. The van der Waals surface area contributed by atoms with Crippen molar-refractivity contribution in [3.8, 4) is 0 Å². The highest BCUT2D eigenvalue weighted by Crippen LogP contribution is 2.18. The van der Waals surface area contributed by atoms with Crippen LogP contribution in [0, 0.1) is 5.92 Å². The van der Waals surface area contributed by atoms with Crippen LogP contribution in [0.1, 0.15) is 39.5 Å². The molecule has 1 aliphatic heterocycles. The Labute approximate surface area is 157 Å². The van der Waals surface area contributed by atoms with Crippen LogP contribution in [0.25, 0.3) is 0 Å². The van der Waals surface area contributed by atoms with Gasteiger partial charge in [0.15, 0.2) is 5.96 Å². The molecule has 1 fully saturated rings. The molecule has 0 spiro atoms. The van der Waals surface area contributed by atoms with Gasteiger partial charge in [-0.15, -0.1) is 24.0 Å². The van der Waals surface area contributed by atoms with E-state index in [0.717, 1.165) is 64.5 Å². The van der Waals surface area contributed by atoms with E-state index in [4.69, 9.17) is 9.47 Å². The Hall–Kier alpha value is -0.570. The number of ether oxygens (including phenoxy) is 2. The monoisotopic (exact) mass is 441 g/mol. The average Bonchev–Trinajstić information content (AvgIpc) is 2.55. The molecule has 0 aromatic heterocycles. The Morgan fingerprint density at radius 1 is 1.22 bits per heavy atom. The fourth-order valence-electron chi connectivity index (χ4n) is 2.59. The summed E-state index contributed by atoms with van der Waals surface area (Å²) in [7, 11) is 1.81. The van der Waals surface area contributed by atoms with Gasteiger partial charge < -0.3 is 19.7 Å². The molecule has 1 N–H and O–H groups in total. The van der Waals surface area contributed by atoms with Crippen molar-refractivity contribution in [2.24, 2.45) is 10.9 Å². The van der Waals surface area contributed by atoms with Gasteiger partial charge in [-0.05, 0) is 39.5 Å². The fourth-order valence-corrected chi connectivity index (χ4v) is 2.59. The Balaban J connectivity index is 0.00000484. The minimum atomic E-state index is -0.0546. The highest BCUT2D eigenvalue weighted by molar-refractivity contribution is 14.0. The molecule has 0 aliphatic carbocycles. The van der Waals surface area contributed by atoms with Gasteiger partial charge in [-0.2, -0.15) is 0 Å². The van der Waals surface area contributed by atoms with Gasteiger partial charge in [-0.1, -0.05) is 0 Å². The van der Waals surface area contributed by atoms with Crippen LogP contribution < -0.4 is 5.32 Å². The average molecular weight is 441 g/mol. The van der Waals surface area contributed by atoms with E-state index in [9.17, 15) is 4.79 Å². The SMILES string of the molecule is CCOCCCCNC(=NC)N1CCC(C(=O)OCC)CC1.I. The number of nitrogens with zero attached hydrogens (tertiary/aromatic N) is 2. The minimum Gasteiger partial charge on any atom is -0.466 e. The summed E-state index contributed by atoms with van der Waals surface area (Å²) in [6.45, 7) is 8.53. The molecule has 0 unspecified atom stereocenters. The van der Waals surface area contributed by atoms with E-state index in [-0.39, 0.29) is 35.9 Å². The summed E-state index contributed by atoms with van der Waals surface area (Å²) >= 11 is 0. The third-order valence-corrected chi connectivity index (χ3v) is 3.83. The van der Waals surface area contributed by atoms with Gasteiger partial charge in [0, 0.05) is 39.9 Å². The second kappa shape index (κ2) is 13.8. The third-order valence-electron chi connectivity index (χ3n) is 3.83. The summed E-state index contributed by atoms with van der Waals surface area (Å²) in [6.07, 6.45) is 3.80. The van der Waals surface area contributed by atoms with Gasteiger partial charge in [0.05, 0.1) is 12.5 Å². The number of hydrogen-bond donors (Lipinski definition) is 1. The maximum atomic E-state index is 11.7.